The van der Waals surface area contributed by atoms with Gasteiger partial charge in [0.1, 0.15) is 67.1 Å². The highest BCUT2D eigenvalue weighted by atomic mass is 16.8. The van der Waals surface area contributed by atoms with Gasteiger partial charge in [-0.15, -0.1) is 0 Å². The Hall–Kier alpha value is -0.600. The van der Waals surface area contributed by atoms with Gasteiger partial charge in [-0.25, -0.2) is 0 Å². The number of ether oxygens (including phenoxy) is 5. The summed E-state index contributed by atoms with van der Waals surface area (Å²) in [5.74, 6) is 0. The second kappa shape index (κ2) is 10.8. The molecule has 3 rings (SSSR count). The smallest absolute Gasteiger partial charge is 0.187 e. The Labute approximate surface area is 181 Å². The molecule has 0 unspecified atom stereocenters. The van der Waals surface area contributed by atoms with Crippen LogP contribution in [0.3, 0.4) is 0 Å². The van der Waals surface area contributed by atoms with E-state index in [1.807, 2.05) is 0 Å². The Bertz CT molecular complexity index is 594. The fraction of sp³-hybridized carbons (Fsp3) is 1.00. The lowest BCUT2D eigenvalue weighted by atomic mass is 9.96. The SMILES string of the molecule is OC[C@H]1O[C@@H](O[C@H]2[C@H](O)[C@@H](O)[C@@H](O)O[C@@H]2CO)[C@@H](O[C@@H]2OC[C@@H](O)[C@H](O)[C@H]2O)[C@@H](O)[C@@H]1O. The highest BCUT2D eigenvalue weighted by molar-refractivity contribution is 4.95. The van der Waals surface area contributed by atoms with Crippen molar-refractivity contribution in [1.29, 1.82) is 0 Å². The normalized spacial score (nSPS) is 52.7. The average Bonchev–Trinajstić information content (AvgIpc) is 2.78. The van der Waals surface area contributed by atoms with Crippen molar-refractivity contribution in [2.45, 2.75) is 86.0 Å². The van der Waals surface area contributed by atoms with E-state index >= 15 is 0 Å². The van der Waals surface area contributed by atoms with Gasteiger partial charge in [-0.3, -0.25) is 0 Å². The minimum absolute atomic E-state index is 0.425. The van der Waals surface area contributed by atoms with Gasteiger partial charge in [0.15, 0.2) is 18.9 Å². The van der Waals surface area contributed by atoms with E-state index in [1.165, 1.54) is 0 Å². The van der Waals surface area contributed by atoms with Crippen LogP contribution in [0.5, 0.6) is 0 Å². The number of hydrogen-bond donors (Lipinski definition) is 10. The maximum atomic E-state index is 10.5. The summed E-state index contributed by atoms with van der Waals surface area (Å²) in [6.07, 6.45) is -22.9. The molecule has 32 heavy (non-hydrogen) atoms. The molecule has 0 aromatic carbocycles. The van der Waals surface area contributed by atoms with Gasteiger partial charge in [0.05, 0.1) is 19.8 Å². The summed E-state index contributed by atoms with van der Waals surface area (Å²) in [5.41, 5.74) is 0. The van der Waals surface area contributed by atoms with Crippen molar-refractivity contribution in [1.82, 2.24) is 0 Å². The van der Waals surface area contributed by atoms with Gasteiger partial charge in [0.2, 0.25) is 0 Å². The standard InChI is InChI=1S/C17H30O15/c18-1-5-8(22)9(23)14(32-16-12(26)7(21)4(20)3-28-16)17(30-5)31-13-6(2-19)29-15(27)11(25)10(13)24/h4-27H,1-3H2/t4-,5-,6-,7+,8-,9+,10-,11-,12-,13-,14+,15+,16+,17+/m1/s1. The monoisotopic (exact) mass is 474 g/mol. The third-order valence-corrected chi connectivity index (χ3v) is 5.70. The minimum atomic E-state index is -1.82. The molecule has 0 saturated carbocycles. The summed E-state index contributed by atoms with van der Waals surface area (Å²) in [6.45, 7) is -1.94. The lowest BCUT2D eigenvalue weighted by Crippen LogP contribution is -2.66. The molecule has 0 amide bonds. The van der Waals surface area contributed by atoms with Crippen LogP contribution in [0.1, 0.15) is 0 Å². The molecule has 0 radical (unpaired) electrons. The Morgan fingerprint density at radius 1 is 0.594 bits per heavy atom. The molecule has 3 fully saturated rings. The van der Waals surface area contributed by atoms with Crippen LogP contribution in [0.15, 0.2) is 0 Å². The molecule has 0 aliphatic carbocycles. The molecule has 188 valence electrons. The van der Waals surface area contributed by atoms with Gasteiger partial charge >= 0.3 is 0 Å². The third-order valence-electron chi connectivity index (χ3n) is 5.70. The molecule has 0 spiro atoms. The van der Waals surface area contributed by atoms with Crippen molar-refractivity contribution in [2.75, 3.05) is 19.8 Å². The zero-order valence-electron chi connectivity index (χ0n) is 16.7. The summed E-state index contributed by atoms with van der Waals surface area (Å²) >= 11 is 0. The highest BCUT2D eigenvalue weighted by Gasteiger charge is 2.52. The summed E-state index contributed by atoms with van der Waals surface area (Å²) in [4.78, 5) is 0. The van der Waals surface area contributed by atoms with E-state index in [-0.39, 0.29) is 0 Å². The number of aliphatic hydroxyl groups is 10. The van der Waals surface area contributed by atoms with Crippen LogP contribution < -0.4 is 0 Å². The van der Waals surface area contributed by atoms with E-state index in [4.69, 9.17) is 23.7 Å². The summed E-state index contributed by atoms with van der Waals surface area (Å²) in [6, 6.07) is 0. The van der Waals surface area contributed by atoms with Gasteiger partial charge in [-0.1, -0.05) is 0 Å². The van der Waals surface area contributed by atoms with Crippen molar-refractivity contribution in [2.24, 2.45) is 0 Å². The van der Waals surface area contributed by atoms with Gasteiger partial charge in [0.25, 0.3) is 0 Å². The third kappa shape index (κ3) is 5.07. The second-order valence-corrected chi connectivity index (χ2v) is 7.89. The van der Waals surface area contributed by atoms with Crippen molar-refractivity contribution in [3.05, 3.63) is 0 Å². The lowest BCUT2D eigenvalue weighted by Gasteiger charge is -2.47. The first-order valence-corrected chi connectivity index (χ1v) is 10.00. The van der Waals surface area contributed by atoms with E-state index in [0.29, 0.717) is 0 Å². The van der Waals surface area contributed by atoms with E-state index in [9.17, 15) is 51.1 Å². The van der Waals surface area contributed by atoms with Crippen LogP contribution in [-0.2, 0) is 23.7 Å². The number of rotatable bonds is 6. The fourth-order valence-electron chi connectivity index (χ4n) is 3.75. The van der Waals surface area contributed by atoms with E-state index in [1.54, 1.807) is 0 Å². The first-order chi connectivity index (χ1) is 15.1. The molecular formula is C17H30O15. The van der Waals surface area contributed by atoms with Gasteiger partial charge in [-0.2, -0.15) is 0 Å². The predicted octanol–water partition coefficient (Wildman–Crippen LogP) is -6.93. The maximum absolute atomic E-state index is 10.5. The van der Waals surface area contributed by atoms with Crippen molar-refractivity contribution in [3.63, 3.8) is 0 Å². The molecule has 15 nitrogen and oxygen atoms in total. The van der Waals surface area contributed by atoms with Crippen molar-refractivity contribution in [3.8, 4) is 0 Å². The molecule has 0 aromatic heterocycles. The van der Waals surface area contributed by atoms with Crippen LogP contribution in [0.2, 0.25) is 0 Å². The topological polar surface area (TPSA) is 248 Å². The lowest BCUT2D eigenvalue weighted by molar-refractivity contribution is -0.381. The molecule has 3 aliphatic rings. The Morgan fingerprint density at radius 3 is 1.81 bits per heavy atom. The highest BCUT2D eigenvalue weighted by Crippen LogP contribution is 2.31. The molecule has 15 heteroatoms. The molecular weight excluding hydrogens is 444 g/mol. The van der Waals surface area contributed by atoms with E-state index in [2.05, 4.69) is 0 Å². The van der Waals surface area contributed by atoms with Gasteiger partial charge < -0.3 is 74.7 Å². The molecule has 3 saturated heterocycles. The quantitative estimate of drug-likeness (QED) is 0.172. The summed E-state index contributed by atoms with van der Waals surface area (Å²) in [5, 5.41) is 99.0. The summed E-state index contributed by atoms with van der Waals surface area (Å²) < 4.78 is 26.6. The molecule has 0 bridgehead atoms. The largest absolute Gasteiger partial charge is 0.394 e. The number of hydrogen-bond acceptors (Lipinski definition) is 15. The van der Waals surface area contributed by atoms with E-state index in [0.717, 1.165) is 0 Å². The molecule has 14 atom stereocenters. The Morgan fingerprint density at radius 2 is 1.19 bits per heavy atom. The second-order valence-electron chi connectivity index (χ2n) is 7.89. The van der Waals surface area contributed by atoms with Crippen LogP contribution in [0, 0.1) is 0 Å². The van der Waals surface area contributed by atoms with Gasteiger partial charge in [-0.05, 0) is 0 Å². The molecule has 10 N–H and O–H groups in total. The first kappa shape index (κ1) is 26.0. The summed E-state index contributed by atoms with van der Waals surface area (Å²) in [7, 11) is 0. The zero-order valence-corrected chi connectivity index (χ0v) is 16.7. The van der Waals surface area contributed by atoms with Crippen molar-refractivity contribution >= 4 is 0 Å². The maximum Gasteiger partial charge on any atom is 0.187 e. The minimum Gasteiger partial charge on any atom is -0.394 e. The Balaban J connectivity index is 1.81. The first-order valence-electron chi connectivity index (χ1n) is 10.00. The number of aliphatic hydroxyl groups excluding tert-OH is 10. The van der Waals surface area contributed by atoms with E-state index < -0.39 is 106 Å². The molecule has 0 aromatic rings. The van der Waals surface area contributed by atoms with Crippen LogP contribution in [-0.4, -0.2) is 157 Å². The fourth-order valence-corrected chi connectivity index (χ4v) is 3.75. The van der Waals surface area contributed by atoms with Crippen molar-refractivity contribution < 1.29 is 74.7 Å². The van der Waals surface area contributed by atoms with Gasteiger partial charge in [0, 0.05) is 0 Å². The van der Waals surface area contributed by atoms with Crippen LogP contribution >= 0.6 is 0 Å². The van der Waals surface area contributed by atoms with Crippen LogP contribution in [0.4, 0.5) is 0 Å². The molecule has 3 heterocycles. The Kier molecular flexibility index (Phi) is 8.75. The average molecular weight is 474 g/mol. The molecule has 3 aliphatic heterocycles. The predicted molar refractivity (Wildman–Crippen MR) is 95.2 cm³/mol. The van der Waals surface area contributed by atoms with Crippen LogP contribution in [0.25, 0.3) is 0 Å². The zero-order chi connectivity index (χ0) is 23.7.